The number of esters is 1. The summed E-state index contributed by atoms with van der Waals surface area (Å²) in [6.45, 7) is 0.535. The highest BCUT2D eigenvalue weighted by Gasteiger charge is 2.19. The Bertz CT molecular complexity index is 366. The lowest BCUT2D eigenvalue weighted by molar-refractivity contribution is -0.147. The van der Waals surface area contributed by atoms with E-state index >= 15 is 0 Å². The van der Waals surface area contributed by atoms with Gasteiger partial charge < -0.3 is 10.5 Å². The van der Waals surface area contributed by atoms with Crippen molar-refractivity contribution in [2.75, 3.05) is 0 Å². The van der Waals surface area contributed by atoms with E-state index in [0.29, 0.717) is 13.0 Å². The molecular formula is C14H19NO2. The SMILES string of the molecule is NCc1ccc(CC(=O)OC2CCCC2)cc1. The molecule has 2 N–H and O–H groups in total. The number of nitrogens with two attached hydrogens (primary N) is 1. The number of hydrogen-bond acceptors (Lipinski definition) is 3. The Labute approximate surface area is 102 Å². The van der Waals surface area contributed by atoms with Crippen LogP contribution in [0.5, 0.6) is 0 Å². The van der Waals surface area contributed by atoms with Crippen LogP contribution in [0.1, 0.15) is 36.8 Å². The fraction of sp³-hybridized carbons (Fsp3) is 0.500. The lowest BCUT2D eigenvalue weighted by atomic mass is 10.1. The van der Waals surface area contributed by atoms with E-state index in [1.54, 1.807) is 0 Å². The fourth-order valence-electron chi connectivity index (χ4n) is 2.19. The predicted octanol–water partition coefficient (Wildman–Crippen LogP) is 2.17. The van der Waals surface area contributed by atoms with Gasteiger partial charge in [0, 0.05) is 6.54 Å². The second-order valence-corrected chi connectivity index (χ2v) is 4.59. The standard InChI is InChI=1S/C14H19NO2/c15-10-12-7-5-11(6-8-12)9-14(16)17-13-3-1-2-4-13/h5-8,13H,1-4,9-10,15H2. The highest BCUT2D eigenvalue weighted by atomic mass is 16.5. The summed E-state index contributed by atoms with van der Waals surface area (Å²) in [5.74, 6) is -0.114. The third-order valence-corrected chi connectivity index (χ3v) is 3.21. The van der Waals surface area contributed by atoms with Gasteiger partial charge in [-0.1, -0.05) is 24.3 Å². The summed E-state index contributed by atoms with van der Waals surface area (Å²) in [5.41, 5.74) is 7.59. The van der Waals surface area contributed by atoms with Crippen LogP contribution in [0.2, 0.25) is 0 Å². The molecule has 0 aliphatic heterocycles. The van der Waals surface area contributed by atoms with E-state index in [1.165, 1.54) is 12.8 Å². The van der Waals surface area contributed by atoms with E-state index in [2.05, 4.69) is 0 Å². The van der Waals surface area contributed by atoms with Gasteiger partial charge in [0.1, 0.15) is 6.10 Å². The quantitative estimate of drug-likeness (QED) is 0.811. The minimum Gasteiger partial charge on any atom is -0.462 e. The van der Waals surface area contributed by atoms with Crippen LogP contribution in [0.15, 0.2) is 24.3 Å². The Morgan fingerprint density at radius 3 is 2.35 bits per heavy atom. The summed E-state index contributed by atoms with van der Waals surface area (Å²) in [7, 11) is 0. The summed E-state index contributed by atoms with van der Waals surface area (Å²) in [6, 6.07) is 7.80. The monoisotopic (exact) mass is 233 g/mol. The minimum absolute atomic E-state index is 0.114. The maximum absolute atomic E-state index is 11.7. The predicted molar refractivity (Wildman–Crippen MR) is 66.4 cm³/mol. The molecular weight excluding hydrogens is 214 g/mol. The number of ether oxygens (including phenoxy) is 1. The Morgan fingerprint density at radius 1 is 1.18 bits per heavy atom. The summed E-state index contributed by atoms with van der Waals surface area (Å²) in [6.07, 6.45) is 4.94. The van der Waals surface area contributed by atoms with Gasteiger partial charge >= 0.3 is 5.97 Å². The van der Waals surface area contributed by atoms with Crippen LogP contribution in [-0.4, -0.2) is 12.1 Å². The molecule has 17 heavy (non-hydrogen) atoms. The smallest absolute Gasteiger partial charge is 0.310 e. The number of carbonyl (C=O) groups is 1. The summed E-state index contributed by atoms with van der Waals surface area (Å²) in [5, 5.41) is 0. The third kappa shape index (κ3) is 3.56. The Morgan fingerprint density at radius 2 is 1.76 bits per heavy atom. The minimum atomic E-state index is -0.114. The topological polar surface area (TPSA) is 52.3 Å². The van der Waals surface area contributed by atoms with Gasteiger partial charge in [0.2, 0.25) is 0 Å². The van der Waals surface area contributed by atoms with Gasteiger partial charge in [-0.2, -0.15) is 0 Å². The normalized spacial score (nSPS) is 16.1. The number of carbonyl (C=O) groups excluding carboxylic acids is 1. The first-order chi connectivity index (χ1) is 8.28. The molecule has 0 amide bonds. The van der Waals surface area contributed by atoms with Gasteiger partial charge in [0.15, 0.2) is 0 Å². The lowest BCUT2D eigenvalue weighted by Gasteiger charge is -2.11. The van der Waals surface area contributed by atoms with Crippen LogP contribution in [0.3, 0.4) is 0 Å². The van der Waals surface area contributed by atoms with Gasteiger partial charge in [-0.15, -0.1) is 0 Å². The molecule has 2 rings (SSSR count). The van der Waals surface area contributed by atoms with E-state index in [9.17, 15) is 4.79 Å². The molecule has 0 atom stereocenters. The van der Waals surface area contributed by atoms with Gasteiger partial charge in [0.05, 0.1) is 6.42 Å². The molecule has 0 spiro atoms. The molecule has 0 aromatic heterocycles. The highest BCUT2D eigenvalue weighted by molar-refractivity contribution is 5.72. The molecule has 0 saturated heterocycles. The molecule has 1 aliphatic carbocycles. The zero-order valence-corrected chi connectivity index (χ0v) is 10.0. The summed E-state index contributed by atoms with van der Waals surface area (Å²) < 4.78 is 5.41. The second kappa shape index (κ2) is 5.82. The fourth-order valence-corrected chi connectivity index (χ4v) is 2.19. The first-order valence-corrected chi connectivity index (χ1v) is 6.25. The second-order valence-electron chi connectivity index (χ2n) is 4.59. The van der Waals surface area contributed by atoms with E-state index in [1.807, 2.05) is 24.3 Å². The molecule has 1 aliphatic rings. The maximum atomic E-state index is 11.7. The zero-order valence-electron chi connectivity index (χ0n) is 10.0. The molecule has 1 fully saturated rings. The Balaban J connectivity index is 1.84. The van der Waals surface area contributed by atoms with Crippen LogP contribution in [0, 0.1) is 0 Å². The van der Waals surface area contributed by atoms with Gasteiger partial charge in [-0.3, -0.25) is 4.79 Å². The van der Waals surface area contributed by atoms with Crippen LogP contribution < -0.4 is 5.73 Å². The van der Waals surface area contributed by atoms with Crippen molar-refractivity contribution in [3.05, 3.63) is 35.4 Å². The third-order valence-electron chi connectivity index (χ3n) is 3.21. The first kappa shape index (κ1) is 12.1. The molecule has 1 saturated carbocycles. The molecule has 0 unspecified atom stereocenters. The summed E-state index contributed by atoms with van der Waals surface area (Å²) in [4.78, 5) is 11.7. The van der Waals surface area contributed by atoms with Crippen LogP contribution in [0.25, 0.3) is 0 Å². The van der Waals surface area contributed by atoms with Gasteiger partial charge in [0.25, 0.3) is 0 Å². The number of hydrogen-bond donors (Lipinski definition) is 1. The highest BCUT2D eigenvalue weighted by Crippen LogP contribution is 2.21. The number of benzene rings is 1. The lowest BCUT2D eigenvalue weighted by Crippen LogP contribution is -2.16. The van der Waals surface area contributed by atoms with Crippen molar-refractivity contribution in [1.29, 1.82) is 0 Å². The van der Waals surface area contributed by atoms with Crippen molar-refractivity contribution in [1.82, 2.24) is 0 Å². The molecule has 0 heterocycles. The van der Waals surface area contributed by atoms with Crippen LogP contribution in [-0.2, 0) is 22.5 Å². The first-order valence-electron chi connectivity index (χ1n) is 6.25. The van der Waals surface area contributed by atoms with Crippen molar-refractivity contribution >= 4 is 5.97 Å². The van der Waals surface area contributed by atoms with E-state index in [-0.39, 0.29) is 12.1 Å². The van der Waals surface area contributed by atoms with Crippen molar-refractivity contribution in [2.45, 2.75) is 44.8 Å². The van der Waals surface area contributed by atoms with Gasteiger partial charge in [-0.05, 0) is 36.8 Å². The molecule has 0 radical (unpaired) electrons. The molecule has 92 valence electrons. The van der Waals surface area contributed by atoms with Crippen LogP contribution in [0.4, 0.5) is 0 Å². The van der Waals surface area contributed by atoms with Crippen molar-refractivity contribution < 1.29 is 9.53 Å². The zero-order chi connectivity index (χ0) is 12.1. The molecule has 3 heteroatoms. The van der Waals surface area contributed by atoms with Crippen LogP contribution >= 0.6 is 0 Å². The Hall–Kier alpha value is -1.35. The molecule has 1 aromatic rings. The molecule has 0 bridgehead atoms. The molecule has 1 aromatic carbocycles. The van der Waals surface area contributed by atoms with E-state index in [4.69, 9.17) is 10.5 Å². The van der Waals surface area contributed by atoms with Crippen molar-refractivity contribution in [2.24, 2.45) is 5.73 Å². The van der Waals surface area contributed by atoms with Crippen molar-refractivity contribution in [3.63, 3.8) is 0 Å². The average Bonchev–Trinajstić information content (AvgIpc) is 2.82. The number of rotatable bonds is 4. The summed E-state index contributed by atoms with van der Waals surface area (Å²) >= 11 is 0. The van der Waals surface area contributed by atoms with E-state index in [0.717, 1.165) is 24.0 Å². The Kier molecular flexibility index (Phi) is 4.15. The largest absolute Gasteiger partial charge is 0.462 e. The maximum Gasteiger partial charge on any atom is 0.310 e. The van der Waals surface area contributed by atoms with Gasteiger partial charge in [-0.25, -0.2) is 0 Å². The molecule has 3 nitrogen and oxygen atoms in total. The van der Waals surface area contributed by atoms with E-state index < -0.39 is 0 Å². The van der Waals surface area contributed by atoms with Crippen molar-refractivity contribution in [3.8, 4) is 0 Å². The average molecular weight is 233 g/mol.